The fraction of sp³-hybridized carbons (Fsp3) is 0.233. The van der Waals surface area contributed by atoms with E-state index >= 15 is 0 Å². The highest BCUT2D eigenvalue weighted by Gasteiger charge is 2.63. The molecule has 0 fully saturated rings. The largest absolute Gasteiger partial charge is 0.507 e. The van der Waals surface area contributed by atoms with Gasteiger partial charge < -0.3 is 30.3 Å². The number of phenols is 3. The van der Waals surface area contributed by atoms with Crippen LogP contribution in [0.25, 0.3) is 0 Å². The molecule has 3 aliphatic carbocycles. The van der Waals surface area contributed by atoms with Crippen LogP contribution in [0.3, 0.4) is 0 Å². The highest BCUT2D eigenvalue weighted by atomic mass is 16.6. The standard InChI is InChI=1S/C30H22O9/c1-11-7-14-22(18(33)8-11)29(38)39-28(14)30-10-12-9-19(34)23-24(20(12)15(30)5-6-17(32)27(30)37)25(35)13-3-2-4-16(31)21(13)26(23)36/h2-9,15,17,27-28,31-34,37H,10H2,1H3/t15-,17-,27-,28?,30?/m1/s1. The Labute approximate surface area is 221 Å². The van der Waals surface area contributed by atoms with Crippen molar-refractivity contribution in [2.24, 2.45) is 5.41 Å². The van der Waals surface area contributed by atoms with Gasteiger partial charge in [0, 0.05) is 22.6 Å². The first-order chi connectivity index (χ1) is 18.6. The maximum Gasteiger partial charge on any atom is 0.342 e. The van der Waals surface area contributed by atoms with Gasteiger partial charge in [0.1, 0.15) is 28.9 Å². The first-order valence-corrected chi connectivity index (χ1v) is 12.4. The van der Waals surface area contributed by atoms with E-state index in [1.54, 1.807) is 19.1 Å². The summed E-state index contributed by atoms with van der Waals surface area (Å²) in [6, 6.07) is 8.61. The number of aliphatic hydroxyl groups is 2. The van der Waals surface area contributed by atoms with Gasteiger partial charge in [0.25, 0.3) is 0 Å². The lowest BCUT2D eigenvalue weighted by atomic mass is 9.61. The molecular formula is C30H22O9. The van der Waals surface area contributed by atoms with Gasteiger partial charge in [-0.1, -0.05) is 30.4 Å². The highest BCUT2D eigenvalue weighted by molar-refractivity contribution is 6.31. The van der Waals surface area contributed by atoms with Crippen LogP contribution in [-0.4, -0.2) is 55.3 Å². The number of benzene rings is 3. The van der Waals surface area contributed by atoms with Gasteiger partial charge in [-0.3, -0.25) is 9.59 Å². The summed E-state index contributed by atoms with van der Waals surface area (Å²) in [6.45, 7) is 1.73. The molecule has 0 radical (unpaired) electrons. The molecule has 9 nitrogen and oxygen atoms in total. The van der Waals surface area contributed by atoms with Crippen molar-refractivity contribution in [1.29, 1.82) is 0 Å². The average Bonchev–Trinajstić information content (AvgIpc) is 3.39. The van der Waals surface area contributed by atoms with Crippen LogP contribution in [0.2, 0.25) is 0 Å². The molecule has 0 aromatic heterocycles. The van der Waals surface area contributed by atoms with Crippen molar-refractivity contribution < 1.29 is 44.7 Å². The van der Waals surface area contributed by atoms with E-state index in [0.29, 0.717) is 22.3 Å². The number of allylic oxidation sites excluding steroid dienone is 1. The van der Waals surface area contributed by atoms with Crippen LogP contribution in [-0.2, 0) is 11.2 Å². The number of cyclic esters (lactones) is 1. The Balaban J connectivity index is 1.50. The van der Waals surface area contributed by atoms with Gasteiger partial charge in [0.05, 0.1) is 28.7 Å². The lowest BCUT2D eigenvalue weighted by Crippen LogP contribution is -2.51. The SMILES string of the molecule is Cc1cc(O)c2c(c1)C(C13Cc4cc(O)c5c(c4[C@H]1C=C[C@@H](O)[C@H]3O)C(=O)c1cccc(O)c1C5=O)OC2=O. The third-order valence-electron chi connectivity index (χ3n) is 8.65. The summed E-state index contributed by atoms with van der Waals surface area (Å²) >= 11 is 0. The van der Waals surface area contributed by atoms with Gasteiger partial charge in [0.2, 0.25) is 5.78 Å². The van der Waals surface area contributed by atoms with Crippen molar-refractivity contribution in [3.05, 3.63) is 98.6 Å². The van der Waals surface area contributed by atoms with E-state index < -0.39 is 52.9 Å². The lowest BCUT2D eigenvalue weighted by molar-refractivity contribution is -0.118. The number of aryl methyl sites for hydroxylation is 1. The van der Waals surface area contributed by atoms with Gasteiger partial charge in [-0.15, -0.1) is 0 Å². The number of fused-ring (bicyclic) bond motifs is 7. The summed E-state index contributed by atoms with van der Waals surface area (Å²) in [5.41, 5.74) is -0.184. The van der Waals surface area contributed by atoms with Gasteiger partial charge in [-0.05, 0) is 48.2 Å². The molecule has 0 spiro atoms. The molecule has 5 atom stereocenters. The van der Waals surface area contributed by atoms with E-state index in [9.17, 15) is 39.9 Å². The van der Waals surface area contributed by atoms with Gasteiger partial charge >= 0.3 is 5.97 Å². The molecule has 39 heavy (non-hydrogen) atoms. The molecule has 4 aliphatic rings. The number of aliphatic hydroxyl groups excluding tert-OH is 2. The highest BCUT2D eigenvalue weighted by Crippen LogP contribution is 2.64. The zero-order chi connectivity index (χ0) is 27.5. The van der Waals surface area contributed by atoms with Crippen LogP contribution >= 0.6 is 0 Å². The minimum absolute atomic E-state index is 0.0170. The molecule has 0 saturated heterocycles. The zero-order valence-electron chi connectivity index (χ0n) is 20.5. The maximum absolute atomic E-state index is 13.9. The molecule has 2 unspecified atom stereocenters. The number of ether oxygens (including phenoxy) is 1. The Morgan fingerprint density at radius 1 is 0.846 bits per heavy atom. The number of aromatic hydroxyl groups is 3. The minimum Gasteiger partial charge on any atom is -0.507 e. The second-order valence-electron chi connectivity index (χ2n) is 10.7. The maximum atomic E-state index is 13.9. The molecule has 7 rings (SSSR count). The molecule has 0 amide bonds. The zero-order valence-corrected chi connectivity index (χ0v) is 20.5. The average molecular weight is 526 g/mol. The molecule has 1 heterocycles. The van der Waals surface area contributed by atoms with E-state index in [0.717, 1.165) is 0 Å². The second kappa shape index (κ2) is 7.56. The molecule has 1 aliphatic heterocycles. The van der Waals surface area contributed by atoms with Crippen LogP contribution in [0.1, 0.15) is 76.5 Å². The normalized spacial score (nSPS) is 27.9. The van der Waals surface area contributed by atoms with E-state index in [4.69, 9.17) is 4.74 Å². The molecule has 9 heteroatoms. The Kier molecular flexibility index (Phi) is 4.58. The lowest BCUT2D eigenvalue weighted by Gasteiger charge is -2.46. The van der Waals surface area contributed by atoms with Crippen molar-refractivity contribution in [2.45, 2.75) is 37.6 Å². The summed E-state index contributed by atoms with van der Waals surface area (Å²) < 4.78 is 5.80. The third kappa shape index (κ3) is 2.78. The number of hydrogen-bond donors (Lipinski definition) is 5. The summed E-state index contributed by atoms with van der Waals surface area (Å²) in [7, 11) is 0. The quantitative estimate of drug-likeness (QED) is 0.185. The monoisotopic (exact) mass is 526 g/mol. The van der Waals surface area contributed by atoms with Crippen molar-refractivity contribution in [2.75, 3.05) is 0 Å². The smallest absolute Gasteiger partial charge is 0.342 e. The van der Waals surface area contributed by atoms with Crippen molar-refractivity contribution in [1.82, 2.24) is 0 Å². The summed E-state index contributed by atoms with van der Waals surface area (Å²) in [6.07, 6.45) is -0.941. The Morgan fingerprint density at radius 3 is 2.36 bits per heavy atom. The fourth-order valence-corrected chi connectivity index (χ4v) is 7.12. The Hall–Kier alpha value is -4.47. The minimum atomic E-state index is -1.48. The molecular weight excluding hydrogens is 504 g/mol. The number of carbonyl (C=O) groups is 3. The Bertz CT molecular complexity index is 1720. The Morgan fingerprint density at radius 2 is 1.59 bits per heavy atom. The molecule has 3 aromatic carbocycles. The molecule has 5 N–H and O–H groups in total. The molecule has 196 valence electrons. The molecule has 3 aromatic rings. The number of rotatable bonds is 1. The number of hydrogen-bond acceptors (Lipinski definition) is 9. The van der Waals surface area contributed by atoms with Crippen LogP contribution in [0, 0.1) is 12.3 Å². The second-order valence-corrected chi connectivity index (χ2v) is 10.7. The molecule has 0 saturated carbocycles. The van der Waals surface area contributed by atoms with Crippen molar-refractivity contribution >= 4 is 17.5 Å². The van der Waals surface area contributed by atoms with Crippen molar-refractivity contribution in [3.63, 3.8) is 0 Å². The number of phenolic OH excluding ortho intramolecular Hbond substituents is 3. The van der Waals surface area contributed by atoms with Crippen LogP contribution in [0.5, 0.6) is 17.2 Å². The van der Waals surface area contributed by atoms with Crippen molar-refractivity contribution in [3.8, 4) is 17.2 Å². The van der Waals surface area contributed by atoms with E-state index in [1.807, 2.05) is 0 Å². The first kappa shape index (κ1) is 23.6. The molecule has 0 bridgehead atoms. The summed E-state index contributed by atoms with van der Waals surface area (Å²) in [5, 5.41) is 54.2. The number of esters is 1. The summed E-state index contributed by atoms with van der Waals surface area (Å²) in [4.78, 5) is 40.3. The predicted molar refractivity (Wildman–Crippen MR) is 134 cm³/mol. The number of ketones is 2. The van der Waals surface area contributed by atoms with E-state index in [-0.39, 0.29) is 45.7 Å². The van der Waals surface area contributed by atoms with Gasteiger partial charge in [-0.25, -0.2) is 4.79 Å². The summed E-state index contributed by atoms with van der Waals surface area (Å²) in [5.74, 6) is -4.00. The van der Waals surface area contributed by atoms with E-state index in [1.165, 1.54) is 36.4 Å². The van der Waals surface area contributed by atoms with Crippen LogP contribution < -0.4 is 0 Å². The van der Waals surface area contributed by atoms with E-state index in [2.05, 4.69) is 0 Å². The fourth-order valence-electron chi connectivity index (χ4n) is 7.12. The third-order valence-corrected chi connectivity index (χ3v) is 8.65. The van der Waals surface area contributed by atoms with Crippen LogP contribution in [0.15, 0.2) is 48.6 Å². The van der Waals surface area contributed by atoms with Gasteiger partial charge in [-0.2, -0.15) is 0 Å². The predicted octanol–water partition coefficient (Wildman–Crippen LogP) is 2.72. The van der Waals surface area contributed by atoms with Gasteiger partial charge in [0.15, 0.2) is 5.78 Å². The number of carbonyl (C=O) groups excluding carboxylic acids is 3. The van der Waals surface area contributed by atoms with Crippen LogP contribution in [0.4, 0.5) is 0 Å². The first-order valence-electron chi connectivity index (χ1n) is 12.4. The topological polar surface area (TPSA) is 162 Å².